The van der Waals surface area contributed by atoms with E-state index in [0.29, 0.717) is 21.2 Å². The zero-order valence-electron chi connectivity index (χ0n) is 23.4. The summed E-state index contributed by atoms with van der Waals surface area (Å²) in [7, 11) is -4.12. The fraction of sp³-hybridized carbons (Fsp3) is 0.387. The second kappa shape index (κ2) is 12.0. The average molecular weight is 663 g/mol. The van der Waals surface area contributed by atoms with Gasteiger partial charge in [0, 0.05) is 28.8 Å². The normalized spacial score (nSPS) is 23.8. The monoisotopic (exact) mass is 661 g/mol. The van der Waals surface area contributed by atoms with Crippen LogP contribution in [0.25, 0.3) is 0 Å². The lowest BCUT2D eigenvalue weighted by Crippen LogP contribution is -2.58. The molecule has 2 N–H and O–H groups in total. The average Bonchev–Trinajstić information content (AvgIpc) is 3.90. The van der Waals surface area contributed by atoms with E-state index in [9.17, 15) is 27.5 Å². The van der Waals surface area contributed by atoms with Gasteiger partial charge in [-0.25, -0.2) is 17.5 Å². The van der Waals surface area contributed by atoms with Gasteiger partial charge in [0.15, 0.2) is 0 Å². The van der Waals surface area contributed by atoms with Crippen LogP contribution in [-0.2, 0) is 29.1 Å². The van der Waals surface area contributed by atoms with Gasteiger partial charge < -0.3 is 14.7 Å². The van der Waals surface area contributed by atoms with Crippen LogP contribution in [0.3, 0.4) is 0 Å². The van der Waals surface area contributed by atoms with Crippen LogP contribution in [0, 0.1) is 11.7 Å². The SMILES string of the molecule is O=C(O)C[C@H]1O[C@H](c2cccc(Cl)c2)[C@@H](c2ccc(Cl)cc2)N([C@H](CNS(=O)(=O)C2(c3ncccc3F)CC2)C2CC2)C1=O. The Labute approximate surface area is 264 Å². The predicted octanol–water partition coefficient (Wildman–Crippen LogP) is 5.40. The fourth-order valence-electron chi connectivity index (χ4n) is 6.14. The molecule has 3 aliphatic rings. The van der Waals surface area contributed by atoms with Crippen molar-refractivity contribution in [1.82, 2.24) is 14.6 Å². The van der Waals surface area contributed by atoms with Crippen LogP contribution in [0.5, 0.6) is 0 Å². The lowest BCUT2D eigenvalue weighted by molar-refractivity contribution is -0.184. The molecule has 4 atom stereocenters. The molecule has 44 heavy (non-hydrogen) atoms. The number of carbonyl (C=O) groups excluding carboxylic acids is 1. The van der Waals surface area contributed by atoms with Gasteiger partial charge in [-0.05, 0) is 79.1 Å². The molecular weight excluding hydrogens is 632 g/mol. The van der Waals surface area contributed by atoms with Gasteiger partial charge in [-0.15, -0.1) is 0 Å². The maximum Gasteiger partial charge on any atom is 0.306 e. The molecule has 9 nitrogen and oxygen atoms in total. The van der Waals surface area contributed by atoms with Gasteiger partial charge in [-0.2, -0.15) is 0 Å². The smallest absolute Gasteiger partial charge is 0.306 e. The number of nitrogens with zero attached hydrogens (tertiary/aromatic N) is 2. The van der Waals surface area contributed by atoms with Crippen LogP contribution >= 0.6 is 23.2 Å². The highest BCUT2D eigenvalue weighted by molar-refractivity contribution is 7.90. The van der Waals surface area contributed by atoms with E-state index < -0.39 is 63.2 Å². The molecule has 2 aliphatic carbocycles. The summed E-state index contributed by atoms with van der Waals surface area (Å²) in [5, 5.41) is 10.6. The number of benzene rings is 2. The molecule has 0 spiro atoms. The number of morpholine rings is 1. The molecule has 3 aromatic rings. The number of carboxylic acids is 1. The number of sulfonamides is 1. The molecule has 2 aromatic carbocycles. The van der Waals surface area contributed by atoms with Gasteiger partial charge in [-0.3, -0.25) is 14.6 Å². The van der Waals surface area contributed by atoms with E-state index >= 15 is 0 Å². The second-order valence-corrected chi connectivity index (χ2v) is 14.5. The van der Waals surface area contributed by atoms with Crippen LogP contribution in [0.15, 0.2) is 66.9 Å². The number of ether oxygens (including phenoxy) is 1. The number of carbonyl (C=O) groups is 2. The van der Waals surface area contributed by atoms with Crippen molar-refractivity contribution < 1.29 is 32.2 Å². The van der Waals surface area contributed by atoms with E-state index in [1.54, 1.807) is 53.4 Å². The summed E-state index contributed by atoms with van der Waals surface area (Å²) in [5.41, 5.74) is 1.17. The third-order valence-electron chi connectivity index (χ3n) is 8.59. The number of pyridine rings is 1. The first-order chi connectivity index (χ1) is 21.0. The number of carboxylic acid groups (broad SMARTS) is 1. The molecule has 1 aromatic heterocycles. The van der Waals surface area contributed by atoms with E-state index in [0.717, 1.165) is 12.8 Å². The summed E-state index contributed by atoms with van der Waals surface area (Å²) >= 11 is 12.5. The first kappa shape index (κ1) is 30.9. The number of hydrogen-bond donors (Lipinski definition) is 2. The van der Waals surface area contributed by atoms with E-state index in [-0.39, 0.29) is 31.0 Å². The molecule has 1 aliphatic heterocycles. The van der Waals surface area contributed by atoms with Gasteiger partial charge in [0.25, 0.3) is 5.91 Å². The maximum atomic E-state index is 14.7. The van der Waals surface area contributed by atoms with E-state index in [4.69, 9.17) is 27.9 Å². The van der Waals surface area contributed by atoms with Gasteiger partial charge in [0.05, 0.1) is 18.2 Å². The van der Waals surface area contributed by atoms with Crippen LogP contribution in [0.1, 0.15) is 61.1 Å². The molecule has 2 heterocycles. The molecule has 0 radical (unpaired) electrons. The number of aliphatic carboxylic acids is 1. The van der Waals surface area contributed by atoms with Gasteiger partial charge in [0.2, 0.25) is 10.0 Å². The van der Waals surface area contributed by atoms with Crippen LogP contribution in [0.4, 0.5) is 4.39 Å². The van der Waals surface area contributed by atoms with Gasteiger partial charge >= 0.3 is 5.97 Å². The first-order valence-corrected chi connectivity index (χ1v) is 16.6. The minimum atomic E-state index is -4.12. The highest BCUT2D eigenvalue weighted by atomic mass is 35.5. The number of amides is 1. The molecule has 2 saturated carbocycles. The molecule has 0 unspecified atom stereocenters. The maximum absolute atomic E-state index is 14.7. The van der Waals surface area contributed by atoms with Crippen molar-refractivity contribution in [1.29, 1.82) is 0 Å². The summed E-state index contributed by atoms with van der Waals surface area (Å²) in [6, 6.07) is 15.0. The van der Waals surface area contributed by atoms with Crippen LogP contribution in [-0.4, -0.2) is 54.0 Å². The number of hydrogen-bond acceptors (Lipinski definition) is 6. The van der Waals surface area contributed by atoms with Crippen molar-refractivity contribution in [3.05, 3.63) is 99.5 Å². The molecule has 1 saturated heterocycles. The predicted molar refractivity (Wildman–Crippen MR) is 161 cm³/mol. The second-order valence-electron chi connectivity index (χ2n) is 11.5. The number of halogens is 3. The first-order valence-electron chi connectivity index (χ1n) is 14.3. The highest BCUT2D eigenvalue weighted by Crippen LogP contribution is 2.53. The Hall–Kier alpha value is -3.09. The standard InChI is InChI=1S/C31H30Cl2FN3O6S/c32-21-10-8-19(9-11-21)27-28(20-3-1-4-22(33)15-20)43-25(16-26(38)39)30(40)37(27)24(18-6-7-18)17-36-44(41,42)31(12-13-31)29-23(34)5-2-14-35-29/h1-5,8-11,14-15,18,24-25,27-28,36H,6-7,12-13,16-17H2,(H,38,39)/t24-,25-,27-,28-/m1/s1. The molecular formula is C31H30Cl2FN3O6S. The third-order valence-corrected chi connectivity index (χ3v) is 11.3. The quantitative estimate of drug-likeness (QED) is 0.282. The Morgan fingerprint density at radius 3 is 2.43 bits per heavy atom. The van der Waals surface area contributed by atoms with Gasteiger partial charge in [-0.1, -0.05) is 47.5 Å². The van der Waals surface area contributed by atoms with Crippen molar-refractivity contribution >= 4 is 45.1 Å². The number of nitrogens with one attached hydrogen (secondary N) is 1. The Balaban J connectivity index is 1.40. The minimum Gasteiger partial charge on any atom is -0.481 e. The van der Waals surface area contributed by atoms with E-state index in [1.165, 1.54) is 18.3 Å². The minimum absolute atomic E-state index is 0.0539. The lowest BCUT2D eigenvalue weighted by atomic mass is 9.89. The number of rotatable bonds is 11. The van der Waals surface area contributed by atoms with Crippen molar-refractivity contribution in [2.45, 2.75) is 61.1 Å². The fourth-order valence-corrected chi connectivity index (χ4v) is 8.17. The summed E-state index contributed by atoms with van der Waals surface area (Å²) in [5.74, 6) is -2.52. The zero-order chi connectivity index (χ0) is 31.2. The van der Waals surface area contributed by atoms with Crippen molar-refractivity contribution in [2.75, 3.05) is 6.54 Å². The van der Waals surface area contributed by atoms with E-state index in [2.05, 4.69) is 9.71 Å². The zero-order valence-corrected chi connectivity index (χ0v) is 25.7. The lowest BCUT2D eigenvalue weighted by Gasteiger charge is -2.48. The van der Waals surface area contributed by atoms with Crippen molar-refractivity contribution in [2.24, 2.45) is 5.92 Å². The molecule has 6 rings (SSSR count). The Kier molecular flexibility index (Phi) is 8.44. The van der Waals surface area contributed by atoms with Crippen molar-refractivity contribution in [3.8, 4) is 0 Å². The largest absolute Gasteiger partial charge is 0.481 e. The van der Waals surface area contributed by atoms with Crippen molar-refractivity contribution in [3.63, 3.8) is 0 Å². The summed E-state index contributed by atoms with van der Waals surface area (Å²) in [4.78, 5) is 31.7. The molecule has 13 heteroatoms. The Morgan fingerprint density at radius 1 is 1.09 bits per heavy atom. The summed E-state index contributed by atoms with van der Waals surface area (Å²) in [6.07, 6.45) is 0.555. The number of aromatic nitrogens is 1. The Morgan fingerprint density at radius 2 is 1.82 bits per heavy atom. The van der Waals surface area contributed by atoms with E-state index in [1.807, 2.05) is 0 Å². The Bertz CT molecular complexity index is 1680. The third kappa shape index (κ3) is 5.95. The summed E-state index contributed by atoms with van der Waals surface area (Å²) in [6.45, 7) is -0.152. The molecule has 3 fully saturated rings. The molecule has 232 valence electrons. The van der Waals surface area contributed by atoms with Crippen LogP contribution in [0.2, 0.25) is 10.0 Å². The topological polar surface area (TPSA) is 126 Å². The molecule has 0 bridgehead atoms. The molecule has 1 amide bonds. The van der Waals surface area contributed by atoms with Gasteiger partial charge in [0.1, 0.15) is 22.8 Å². The van der Waals surface area contributed by atoms with Crippen LogP contribution < -0.4 is 4.72 Å². The highest BCUT2D eigenvalue weighted by Gasteiger charge is 2.59. The summed E-state index contributed by atoms with van der Waals surface area (Å²) < 4.78 is 49.7.